The van der Waals surface area contributed by atoms with Gasteiger partial charge in [-0.05, 0) is 45.7 Å². The highest BCUT2D eigenvalue weighted by atomic mass is 28.4. The lowest BCUT2D eigenvalue weighted by molar-refractivity contribution is -0.146. The Labute approximate surface area is 181 Å². The monoisotopic (exact) mass is 439 g/mol. The van der Waals surface area contributed by atoms with Crippen LogP contribution >= 0.6 is 0 Å². The maximum Gasteiger partial charge on any atom is 0.515 e. The number of hydrogen-bond donors (Lipinski definition) is 1. The quantitative estimate of drug-likeness (QED) is 0.443. The standard InChI is InChI=1S/C22H37NO6Si/c1-4-26-30(27-5-2,28-6-3)18-23(19-13-9-7-10-14-19)17-21(22(24)25)29-20-15-11-8-12-16-20/h8,11-12,15-16,19,21H,4-7,9-10,13-14,17-18H2,1-3H3,(H,24,25). The van der Waals surface area contributed by atoms with Crippen molar-refractivity contribution in [3.8, 4) is 5.75 Å². The number of ether oxygens (including phenoxy) is 1. The summed E-state index contributed by atoms with van der Waals surface area (Å²) < 4.78 is 24.0. The lowest BCUT2D eigenvalue weighted by Crippen LogP contribution is -2.59. The zero-order valence-electron chi connectivity index (χ0n) is 18.5. The fraction of sp³-hybridized carbons (Fsp3) is 0.682. The van der Waals surface area contributed by atoms with E-state index in [1.807, 2.05) is 39.0 Å². The van der Waals surface area contributed by atoms with Gasteiger partial charge in [-0.3, -0.25) is 4.90 Å². The summed E-state index contributed by atoms with van der Waals surface area (Å²) in [5.74, 6) is -0.424. The van der Waals surface area contributed by atoms with Crippen molar-refractivity contribution in [1.29, 1.82) is 0 Å². The van der Waals surface area contributed by atoms with E-state index in [9.17, 15) is 9.90 Å². The molecule has 1 aromatic rings. The summed E-state index contributed by atoms with van der Waals surface area (Å²) in [6.45, 7) is 7.54. The molecule has 2 rings (SSSR count). The van der Waals surface area contributed by atoms with E-state index in [0.29, 0.717) is 31.7 Å². The van der Waals surface area contributed by atoms with Crippen LogP contribution in [-0.2, 0) is 18.1 Å². The molecule has 1 aromatic carbocycles. The van der Waals surface area contributed by atoms with Crippen molar-refractivity contribution in [3.05, 3.63) is 30.3 Å². The Balaban J connectivity index is 2.24. The summed E-state index contributed by atoms with van der Waals surface area (Å²) >= 11 is 0. The van der Waals surface area contributed by atoms with Gasteiger partial charge in [0, 0.05) is 32.4 Å². The van der Waals surface area contributed by atoms with Gasteiger partial charge in [-0.15, -0.1) is 0 Å². The zero-order valence-corrected chi connectivity index (χ0v) is 19.5. The van der Waals surface area contributed by atoms with Crippen LogP contribution in [0, 0.1) is 0 Å². The summed E-state index contributed by atoms with van der Waals surface area (Å²) in [5.41, 5.74) is 0. The van der Waals surface area contributed by atoms with Gasteiger partial charge in [0.25, 0.3) is 0 Å². The summed E-state index contributed by atoms with van der Waals surface area (Å²) in [6, 6.07) is 9.38. The first kappa shape index (κ1) is 24.8. The summed E-state index contributed by atoms with van der Waals surface area (Å²) in [7, 11) is -2.96. The molecule has 0 saturated heterocycles. The average molecular weight is 440 g/mol. The van der Waals surface area contributed by atoms with Crippen molar-refractivity contribution in [2.45, 2.75) is 65.0 Å². The molecule has 1 atom stereocenters. The number of aliphatic carboxylic acids is 1. The number of rotatable bonds is 14. The SMILES string of the molecule is CCO[Si](CN(CC(Oc1ccccc1)C(=O)O)C1CCCCC1)(OCC)OCC. The molecular formula is C22H37NO6Si. The van der Waals surface area contributed by atoms with Crippen LogP contribution in [0.1, 0.15) is 52.9 Å². The molecule has 0 radical (unpaired) electrons. The first-order valence-corrected chi connectivity index (χ1v) is 13.1. The molecule has 0 bridgehead atoms. The van der Waals surface area contributed by atoms with E-state index in [4.69, 9.17) is 18.0 Å². The molecule has 0 heterocycles. The second-order valence-electron chi connectivity index (χ2n) is 7.46. The lowest BCUT2D eigenvalue weighted by Gasteiger charge is -2.40. The molecule has 1 N–H and O–H groups in total. The van der Waals surface area contributed by atoms with Crippen molar-refractivity contribution in [2.24, 2.45) is 0 Å². The molecule has 30 heavy (non-hydrogen) atoms. The van der Waals surface area contributed by atoms with Gasteiger partial charge in [0.15, 0.2) is 0 Å². The molecule has 0 aliphatic heterocycles. The van der Waals surface area contributed by atoms with E-state index in [0.717, 1.165) is 25.7 Å². The first-order valence-electron chi connectivity index (χ1n) is 11.1. The van der Waals surface area contributed by atoms with Crippen molar-refractivity contribution >= 4 is 14.8 Å². The number of carboxylic acid groups (broad SMARTS) is 1. The average Bonchev–Trinajstić information content (AvgIpc) is 2.74. The molecule has 1 fully saturated rings. The number of hydrogen-bond acceptors (Lipinski definition) is 6. The van der Waals surface area contributed by atoms with E-state index >= 15 is 0 Å². The van der Waals surface area contributed by atoms with E-state index in [1.54, 1.807) is 12.1 Å². The van der Waals surface area contributed by atoms with Gasteiger partial charge in [0.05, 0.1) is 6.17 Å². The van der Waals surface area contributed by atoms with Crippen molar-refractivity contribution < 1.29 is 27.9 Å². The Morgan fingerprint density at radius 1 is 1.03 bits per heavy atom. The Kier molecular flexibility index (Phi) is 10.8. The molecule has 1 aliphatic rings. The Morgan fingerprint density at radius 2 is 1.60 bits per heavy atom. The number of nitrogens with zero attached hydrogens (tertiary/aromatic N) is 1. The van der Waals surface area contributed by atoms with Crippen LogP contribution in [0.15, 0.2) is 30.3 Å². The van der Waals surface area contributed by atoms with E-state index in [-0.39, 0.29) is 12.6 Å². The minimum Gasteiger partial charge on any atom is -0.478 e. The van der Waals surface area contributed by atoms with E-state index in [1.165, 1.54) is 6.42 Å². The number of benzene rings is 1. The number of para-hydroxylation sites is 1. The third-order valence-corrected chi connectivity index (χ3v) is 8.26. The van der Waals surface area contributed by atoms with Gasteiger partial charge in [-0.2, -0.15) is 0 Å². The van der Waals surface area contributed by atoms with Gasteiger partial charge in [-0.25, -0.2) is 4.79 Å². The molecule has 0 amide bonds. The normalized spacial score (nSPS) is 16.5. The molecule has 0 aromatic heterocycles. The lowest BCUT2D eigenvalue weighted by atomic mass is 9.94. The Hall–Kier alpha value is -1.45. The van der Waals surface area contributed by atoms with Crippen molar-refractivity contribution in [3.63, 3.8) is 0 Å². The highest BCUT2D eigenvalue weighted by Gasteiger charge is 2.45. The second-order valence-corrected chi connectivity index (χ2v) is 10.0. The minimum atomic E-state index is -2.96. The highest BCUT2D eigenvalue weighted by Crippen LogP contribution is 2.26. The van der Waals surface area contributed by atoms with Crippen LogP contribution < -0.4 is 4.74 Å². The van der Waals surface area contributed by atoms with Crippen molar-refractivity contribution in [1.82, 2.24) is 4.90 Å². The van der Waals surface area contributed by atoms with Crippen molar-refractivity contribution in [2.75, 3.05) is 32.5 Å². The second kappa shape index (κ2) is 13.1. The van der Waals surface area contributed by atoms with Crippen LogP contribution in [0.3, 0.4) is 0 Å². The molecular weight excluding hydrogens is 402 g/mol. The van der Waals surface area contributed by atoms with Gasteiger partial charge in [-0.1, -0.05) is 37.5 Å². The van der Waals surface area contributed by atoms with Crippen LogP contribution in [0.2, 0.25) is 0 Å². The van der Waals surface area contributed by atoms with Crippen LogP contribution in [0.4, 0.5) is 0 Å². The van der Waals surface area contributed by atoms with Gasteiger partial charge < -0.3 is 23.1 Å². The summed E-state index contributed by atoms with van der Waals surface area (Å²) in [5, 5.41) is 9.86. The van der Waals surface area contributed by atoms with Crippen LogP contribution in [0.5, 0.6) is 5.75 Å². The fourth-order valence-corrected chi connectivity index (χ4v) is 6.73. The third kappa shape index (κ3) is 7.66. The Bertz CT molecular complexity index is 594. The zero-order chi connectivity index (χ0) is 21.8. The number of carboxylic acids is 1. The van der Waals surface area contributed by atoms with Gasteiger partial charge in [0.1, 0.15) is 5.75 Å². The molecule has 0 spiro atoms. The first-order chi connectivity index (χ1) is 14.5. The third-order valence-electron chi connectivity index (χ3n) is 5.28. The van der Waals surface area contributed by atoms with Gasteiger partial charge >= 0.3 is 14.8 Å². The van der Waals surface area contributed by atoms with Gasteiger partial charge in [0.2, 0.25) is 6.10 Å². The number of carbonyl (C=O) groups is 1. The fourth-order valence-electron chi connectivity index (χ4n) is 4.00. The Morgan fingerprint density at radius 3 is 2.10 bits per heavy atom. The summed E-state index contributed by atoms with van der Waals surface area (Å²) in [4.78, 5) is 14.2. The predicted molar refractivity (Wildman–Crippen MR) is 118 cm³/mol. The predicted octanol–water partition coefficient (Wildman–Crippen LogP) is 3.74. The largest absolute Gasteiger partial charge is 0.515 e. The van der Waals surface area contributed by atoms with E-state index in [2.05, 4.69) is 4.90 Å². The van der Waals surface area contributed by atoms with Crippen LogP contribution in [0.25, 0.3) is 0 Å². The minimum absolute atomic E-state index is 0.261. The smallest absolute Gasteiger partial charge is 0.478 e. The maximum atomic E-state index is 12.0. The maximum absolute atomic E-state index is 12.0. The highest BCUT2D eigenvalue weighted by molar-refractivity contribution is 6.60. The molecule has 1 aliphatic carbocycles. The summed E-state index contributed by atoms with van der Waals surface area (Å²) in [6.07, 6.45) is 5.06. The molecule has 1 saturated carbocycles. The molecule has 170 valence electrons. The van der Waals surface area contributed by atoms with Crippen LogP contribution in [-0.4, -0.2) is 69.5 Å². The topological polar surface area (TPSA) is 77.5 Å². The molecule has 1 unspecified atom stereocenters. The molecule has 8 heteroatoms. The van der Waals surface area contributed by atoms with E-state index < -0.39 is 20.9 Å². The molecule has 7 nitrogen and oxygen atoms in total.